The van der Waals surface area contributed by atoms with Crippen molar-refractivity contribution in [2.45, 2.75) is 32.9 Å². The van der Waals surface area contributed by atoms with E-state index in [0.29, 0.717) is 13.2 Å². The Labute approximate surface area is 118 Å². The van der Waals surface area contributed by atoms with Crippen LogP contribution in [0.4, 0.5) is 0 Å². The average Bonchev–Trinajstić information content (AvgIpc) is 2.81. The fraction of sp³-hybridized carbons (Fsp3) is 0.500. The standard InChI is InChI=1S/C14H21NO3S/c1-4-18-10-14(2,3)15-13(17)6-5-12-7-11(8-16)9-19-12/h5-7,9,16H,4,8,10H2,1-3H3,(H,15,17)/b6-5+. The van der Waals surface area contributed by atoms with Crippen LogP contribution in [0.2, 0.25) is 0 Å². The van der Waals surface area contributed by atoms with Gasteiger partial charge in [0, 0.05) is 17.6 Å². The Morgan fingerprint density at radius 1 is 1.58 bits per heavy atom. The van der Waals surface area contributed by atoms with Crippen LogP contribution in [-0.4, -0.2) is 29.8 Å². The van der Waals surface area contributed by atoms with Crippen molar-refractivity contribution >= 4 is 23.3 Å². The average molecular weight is 283 g/mol. The number of nitrogens with one attached hydrogen (secondary N) is 1. The van der Waals surface area contributed by atoms with E-state index in [1.807, 2.05) is 32.2 Å². The van der Waals surface area contributed by atoms with Crippen molar-refractivity contribution in [3.8, 4) is 0 Å². The molecule has 4 nitrogen and oxygen atoms in total. The van der Waals surface area contributed by atoms with Crippen molar-refractivity contribution < 1.29 is 14.6 Å². The van der Waals surface area contributed by atoms with E-state index in [2.05, 4.69) is 5.32 Å². The van der Waals surface area contributed by atoms with Crippen LogP contribution < -0.4 is 5.32 Å². The molecule has 1 heterocycles. The maximum Gasteiger partial charge on any atom is 0.244 e. The second kappa shape index (κ2) is 7.43. The summed E-state index contributed by atoms with van der Waals surface area (Å²) in [6, 6.07) is 1.86. The number of aliphatic hydroxyl groups is 1. The van der Waals surface area contributed by atoms with E-state index < -0.39 is 0 Å². The molecule has 106 valence electrons. The molecule has 0 radical (unpaired) electrons. The lowest BCUT2D eigenvalue weighted by molar-refractivity contribution is -0.118. The Bertz CT molecular complexity index is 438. The summed E-state index contributed by atoms with van der Waals surface area (Å²) in [6.07, 6.45) is 3.25. The van der Waals surface area contributed by atoms with Crippen molar-refractivity contribution in [3.63, 3.8) is 0 Å². The fourth-order valence-electron chi connectivity index (χ4n) is 1.49. The smallest absolute Gasteiger partial charge is 0.244 e. The molecule has 0 spiro atoms. The topological polar surface area (TPSA) is 58.6 Å². The zero-order chi connectivity index (χ0) is 14.3. The number of hydrogen-bond donors (Lipinski definition) is 2. The van der Waals surface area contributed by atoms with Crippen molar-refractivity contribution in [2.24, 2.45) is 0 Å². The van der Waals surface area contributed by atoms with Crippen molar-refractivity contribution in [2.75, 3.05) is 13.2 Å². The number of carbonyl (C=O) groups excluding carboxylic acids is 1. The van der Waals surface area contributed by atoms with Crippen molar-refractivity contribution in [1.82, 2.24) is 5.32 Å². The lowest BCUT2D eigenvalue weighted by Crippen LogP contribution is -2.46. The van der Waals surface area contributed by atoms with Crippen LogP contribution in [0.15, 0.2) is 17.5 Å². The quantitative estimate of drug-likeness (QED) is 0.754. The Kier molecular flexibility index (Phi) is 6.21. The second-order valence-corrected chi connectivity index (χ2v) is 5.80. The lowest BCUT2D eigenvalue weighted by atomic mass is 10.1. The van der Waals surface area contributed by atoms with E-state index in [-0.39, 0.29) is 18.1 Å². The third-order valence-corrected chi connectivity index (χ3v) is 3.33. The Balaban J connectivity index is 2.50. The number of ether oxygens (including phenoxy) is 1. The van der Waals surface area contributed by atoms with Gasteiger partial charge in [0.25, 0.3) is 0 Å². The highest BCUT2D eigenvalue weighted by atomic mass is 32.1. The van der Waals surface area contributed by atoms with Crippen LogP contribution in [0.3, 0.4) is 0 Å². The lowest BCUT2D eigenvalue weighted by Gasteiger charge is -2.25. The molecule has 0 aromatic carbocycles. The van der Waals surface area contributed by atoms with E-state index in [4.69, 9.17) is 9.84 Å². The Hall–Kier alpha value is -1.17. The normalized spacial score (nSPS) is 12.0. The Morgan fingerprint density at radius 3 is 2.89 bits per heavy atom. The first-order valence-electron chi connectivity index (χ1n) is 6.23. The molecule has 0 atom stereocenters. The molecule has 0 unspecified atom stereocenters. The summed E-state index contributed by atoms with van der Waals surface area (Å²) in [4.78, 5) is 12.7. The molecule has 0 aliphatic heterocycles. The fourth-order valence-corrected chi connectivity index (χ4v) is 2.29. The van der Waals surface area contributed by atoms with E-state index in [9.17, 15) is 4.79 Å². The third-order valence-electron chi connectivity index (χ3n) is 2.38. The molecular weight excluding hydrogens is 262 g/mol. The van der Waals surface area contributed by atoms with E-state index in [1.54, 1.807) is 6.08 Å². The molecule has 1 aromatic rings. The molecule has 2 N–H and O–H groups in total. The minimum absolute atomic E-state index is 0.0257. The van der Waals surface area contributed by atoms with Gasteiger partial charge >= 0.3 is 0 Å². The number of aliphatic hydroxyl groups excluding tert-OH is 1. The molecule has 0 fully saturated rings. The van der Waals surface area contributed by atoms with Gasteiger partial charge in [-0.25, -0.2) is 0 Å². The van der Waals surface area contributed by atoms with E-state index >= 15 is 0 Å². The predicted octanol–water partition coefficient (Wildman–Crippen LogP) is 2.18. The molecule has 0 bridgehead atoms. The third kappa shape index (κ3) is 6.00. The molecular formula is C14H21NO3S. The zero-order valence-corrected chi connectivity index (χ0v) is 12.4. The molecule has 1 aromatic heterocycles. The van der Waals surface area contributed by atoms with Crippen LogP contribution in [0.1, 0.15) is 31.2 Å². The second-order valence-electron chi connectivity index (χ2n) is 4.86. The summed E-state index contributed by atoms with van der Waals surface area (Å²) in [6.45, 7) is 6.91. The molecule has 0 aliphatic carbocycles. The van der Waals surface area contributed by atoms with Crippen LogP contribution >= 0.6 is 11.3 Å². The van der Waals surface area contributed by atoms with Gasteiger partial charge in [0.05, 0.1) is 18.8 Å². The molecule has 1 rings (SSSR count). The van der Waals surface area contributed by atoms with Gasteiger partial charge in [-0.05, 0) is 43.9 Å². The summed E-state index contributed by atoms with van der Waals surface area (Å²) < 4.78 is 5.32. The van der Waals surface area contributed by atoms with Gasteiger partial charge in [0.1, 0.15) is 0 Å². The van der Waals surface area contributed by atoms with Crippen LogP contribution in [0.5, 0.6) is 0 Å². The van der Waals surface area contributed by atoms with Gasteiger partial charge in [-0.1, -0.05) is 0 Å². The summed E-state index contributed by atoms with van der Waals surface area (Å²) in [5.74, 6) is -0.149. The first-order chi connectivity index (χ1) is 8.96. The number of thiophene rings is 1. The minimum Gasteiger partial charge on any atom is -0.392 e. The summed E-state index contributed by atoms with van der Waals surface area (Å²) in [5.41, 5.74) is 0.477. The van der Waals surface area contributed by atoms with E-state index in [1.165, 1.54) is 17.4 Å². The first-order valence-corrected chi connectivity index (χ1v) is 7.11. The largest absolute Gasteiger partial charge is 0.392 e. The molecule has 5 heteroatoms. The zero-order valence-electron chi connectivity index (χ0n) is 11.6. The monoisotopic (exact) mass is 283 g/mol. The molecule has 0 saturated heterocycles. The number of carbonyl (C=O) groups is 1. The maximum atomic E-state index is 11.8. The van der Waals surface area contributed by atoms with Gasteiger partial charge < -0.3 is 15.2 Å². The number of hydrogen-bond acceptors (Lipinski definition) is 4. The van der Waals surface area contributed by atoms with Gasteiger partial charge in [-0.2, -0.15) is 0 Å². The van der Waals surface area contributed by atoms with Gasteiger partial charge in [-0.3, -0.25) is 4.79 Å². The summed E-state index contributed by atoms with van der Waals surface area (Å²) in [5, 5.41) is 13.7. The van der Waals surface area contributed by atoms with Crippen LogP contribution in [-0.2, 0) is 16.1 Å². The van der Waals surface area contributed by atoms with Crippen molar-refractivity contribution in [1.29, 1.82) is 0 Å². The minimum atomic E-state index is -0.386. The number of amides is 1. The van der Waals surface area contributed by atoms with Gasteiger partial charge in [0.15, 0.2) is 0 Å². The van der Waals surface area contributed by atoms with Crippen molar-refractivity contribution in [3.05, 3.63) is 28.0 Å². The highest BCUT2D eigenvalue weighted by Crippen LogP contribution is 2.16. The number of rotatable bonds is 7. The molecule has 19 heavy (non-hydrogen) atoms. The first kappa shape index (κ1) is 15.9. The van der Waals surface area contributed by atoms with Crippen LogP contribution in [0, 0.1) is 0 Å². The predicted molar refractivity (Wildman–Crippen MR) is 78.0 cm³/mol. The van der Waals surface area contributed by atoms with Gasteiger partial charge in [-0.15, -0.1) is 11.3 Å². The highest BCUT2D eigenvalue weighted by Gasteiger charge is 2.19. The van der Waals surface area contributed by atoms with Gasteiger partial charge in [0.2, 0.25) is 5.91 Å². The van der Waals surface area contributed by atoms with Crippen LogP contribution in [0.25, 0.3) is 6.08 Å². The summed E-state index contributed by atoms with van der Waals surface area (Å²) >= 11 is 1.50. The molecule has 1 amide bonds. The highest BCUT2D eigenvalue weighted by molar-refractivity contribution is 7.11. The SMILES string of the molecule is CCOCC(C)(C)NC(=O)/C=C/c1cc(CO)cs1. The van der Waals surface area contributed by atoms with E-state index in [0.717, 1.165) is 10.4 Å². The maximum absolute atomic E-state index is 11.8. The Morgan fingerprint density at radius 2 is 2.32 bits per heavy atom. The molecule has 0 aliphatic rings. The molecule has 0 saturated carbocycles. The summed E-state index contributed by atoms with van der Waals surface area (Å²) in [7, 11) is 0.